The van der Waals surface area contributed by atoms with E-state index in [0.717, 1.165) is 136 Å². The van der Waals surface area contributed by atoms with Crippen LogP contribution in [0, 0.1) is 77.0 Å². The average Bonchev–Trinajstić information content (AvgIpc) is 0.768. The molecular weight excluding hydrogens is 1340 g/mol. The summed E-state index contributed by atoms with van der Waals surface area (Å²) in [5, 5.41) is 23.9. The highest BCUT2D eigenvalue weighted by molar-refractivity contribution is 5.80. The number of azide groups is 2. The Kier molecular flexibility index (Phi) is 50.5. The number of esters is 3. The van der Waals surface area contributed by atoms with Gasteiger partial charge in [-0.3, -0.25) is 19.2 Å². The molecule has 0 aromatic heterocycles. The van der Waals surface area contributed by atoms with Gasteiger partial charge in [-0.1, -0.05) is 156 Å². The summed E-state index contributed by atoms with van der Waals surface area (Å²) in [6.45, 7) is 40.9. The van der Waals surface area contributed by atoms with Crippen LogP contribution < -0.4 is 18.9 Å². The zero-order chi connectivity index (χ0) is 78.0. The summed E-state index contributed by atoms with van der Waals surface area (Å²) >= 11 is 0. The Labute approximate surface area is 631 Å². The lowest BCUT2D eigenvalue weighted by atomic mass is 9.83. The molecule has 600 valence electrons. The van der Waals surface area contributed by atoms with Crippen molar-refractivity contribution in [1.82, 2.24) is 0 Å². The number of aliphatic hydroxyl groups excluding tert-OH is 1. The molecule has 2 aromatic rings. The first-order valence-corrected chi connectivity index (χ1v) is 39.6. The van der Waals surface area contributed by atoms with Gasteiger partial charge in [0, 0.05) is 34.0 Å². The lowest BCUT2D eigenvalue weighted by Gasteiger charge is -2.38. The first kappa shape index (κ1) is 95.3. The Morgan fingerprint density at radius 1 is 0.429 bits per heavy atom. The summed E-state index contributed by atoms with van der Waals surface area (Å²) in [6, 6.07) is 0. The molecule has 0 unspecified atom stereocenters. The van der Waals surface area contributed by atoms with Crippen LogP contribution in [0.1, 0.15) is 268 Å². The van der Waals surface area contributed by atoms with Gasteiger partial charge in [0.1, 0.15) is 40.8 Å². The van der Waals surface area contributed by atoms with E-state index in [4.69, 9.17) is 73.4 Å². The smallest absolute Gasteiger partial charge is 0.311 e. The second-order valence-electron chi connectivity index (χ2n) is 30.7. The van der Waals surface area contributed by atoms with Gasteiger partial charge in [0.05, 0.1) is 112 Å². The van der Waals surface area contributed by atoms with Crippen LogP contribution in [0.5, 0.6) is 23.0 Å². The fourth-order valence-electron chi connectivity index (χ4n) is 13.3. The van der Waals surface area contributed by atoms with Gasteiger partial charge in [-0.25, -0.2) is 0 Å². The largest absolute Gasteiger partial charge is 0.487 e. The predicted molar refractivity (Wildman–Crippen MR) is 414 cm³/mol. The zero-order valence-corrected chi connectivity index (χ0v) is 67.9. The minimum Gasteiger partial charge on any atom is -0.487 e. The van der Waals surface area contributed by atoms with Crippen molar-refractivity contribution >= 4 is 23.9 Å². The van der Waals surface area contributed by atoms with Crippen LogP contribution in [0.4, 0.5) is 0 Å². The number of hydrogen-bond donors (Lipinski definition) is 2. The van der Waals surface area contributed by atoms with Crippen LogP contribution in [0.25, 0.3) is 20.9 Å². The molecule has 6 atom stereocenters. The molecule has 0 fully saturated rings. The first-order valence-electron chi connectivity index (χ1n) is 39.6. The minimum atomic E-state index is -0.999. The molecule has 2 aliphatic rings. The molecule has 2 aliphatic heterocycles. The van der Waals surface area contributed by atoms with Gasteiger partial charge < -0.3 is 62.3 Å². The summed E-state index contributed by atoms with van der Waals surface area (Å²) in [5.41, 5.74) is 23.7. The molecule has 0 spiro atoms. The SMILES string of the molecule is Cc1c(C)c2c(c(C)c1OC(=O)CCC(=O)O)CC[C@@](C)(CCC[C@H](C)CCC[C@H](C)CCCC(C)C)O2.Cc1c(C)c2c(c(C)c1OC(=O)CCC(=O)OCCOCCOCCOCCN=[N+]=[N-])CC[C@@](C)(CCC[C@H](C)CCC[C@H](C)CCCC(C)C)O2.[N-]=[N+]=NCCOCCOCCOCCO. The van der Waals surface area contributed by atoms with Crippen molar-refractivity contribution in [3.05, 3.63) is 65.4 Å². The molecule has 2 heterocycles. The van der Waals surface area contributed by atoms with Crippen LogP contribution in [0.3, 0.4) is 0 Å². The Bertz CT molecular complexity index is 2900. The molecule has 23 heteroatoms. The number of aliphatic carboxylic acids is 1. The van der Waals surface area contributed by atoms with Crippen molar-refractivity contribution in [3.8, 4) is 23.0 Å². The van der Waals surface area contributed by atoms with Gasteiger partial charge in [0.25, 0.3) is 0 Å². The van der Waals surface area contributed by atoms with Crippen molar-refractivity contribution in [2.45, 2.75) is 289 Å². The number of fused-ring (bicyclic) bond motifs is 2. The maximum Gasteiger partial charge on any atom is 0.311 e. The molecule has 4 rings (SSSR count). The number of rotatable bonds is 55. The molecule has 0 aliphatic carbocycles. The highest BCUT2D eigenvalue weighted by Crippen LogP contribution is 2.47. The number of carbonyl (C=O) groups is 4. The van der Waals surface area contributed by atoms with Gasteiger partial charge >= 0.3 is 23.9 Å². The van der Waals surface area contributed by atoms with E-state index in [-0.39, 0.29) is 56.7 Å². The Morgan fingerprint density at radius 2 is 0.743 bits per heavy atom. The van der Waals surface area contributed by atoms with E-state index < -0.39 is 23.9 Å². The standard InChI is InChI=1S/C41H69N3O8.C33H54O5.C8H17N3O4/c1-30(2)12-9-13-31(3)14-10-15-32(4)16-11-20-41(8)21-19-36-35(7)39(33(5)34(6)40(36)52-41)51-38(46)18-17-37(45)50-29-28-49-27-26-48-25-24-47-23-22-43-44-42;1-22(2)12-9-13-23(3)14-10-15-24(4)16-11-20-33(8)21-19-28-27(7)31(25(5)26(6)32(28)38-33)37-30(36)18-17-29(34)35;9-11-10-1-3-13-5-7-15-8-6-14-4-2-12/h30-32H,9-29H2,1-8H3;22-24H,9-21H2,1-8H3,(H,34,35);12H,1-8H2/t31-,32-,41-;23-,24-,33-;/m11./s1. The molecule has 23 nitrogen and oxygen atoms in total. The lowest BCUT2D eigenvalue weighted by molar-refractivity contribution is -0.148. The summed E-state index contributed by atoms with van der Waals surface area (Å²) in [7, 11) is 0. The summed E-state index contributed by atoms with van der Waals surface area (Å²) < 4.78 is 61.4. The van der Waals surface area contributed by atoms with Crippen molar-refractivity contribution in [1.29, 1.82) is 0 Å². The zero-order valence-electron chi connectivity index (χ0n) is 67.9. The van der Waals surface area contributed by atoms with Crippen molar-refractivity contribution in [2.75, 3.05) is 106 Å². The highest BCUT2D eigenvalue weighted by Gasteiger charge is 2.37. The van der Waals surface area contributed by atoms with E-state index in [1.807, 2.05) is 41.5 Å². The Morgan fingerprint density at radius 3 is 1.09 bits per heavy atom. The summed E-state index contributed by atoms with van der Waals surface area (Å²) in [5.74, 6) is 5.37. The van der Waals surface area contributed by atoms with E-state index >= 15 is 0 Å². The normalized spacial score (nSPS) is 16.3. The Hall–Kier alpha value is -5.74. The fraction of sp³-hybridized carbons (Fsp3) is 0.805. The number of ether oxygens (including phenoxy) is 11. The topological polar surface area (TPSA) is 308 Å². The predicted octanol–water partition coefficient (Wildman–Crippen LogP) is 19.0. The first-order chi connectivity index (χ1) is 50.1. The number of hydrogen-bond acceptors (Lipinski definition) is 18. The monoisotopic (exact) mass is 1480 g/mol. The van der Waals surface area contributed by atoms with E-state index in [1.54, 1.807) is 0 Å². The van der Waals surface area contributed by atoms with Gasteiger partial charge in [0.2, 0.25) is 0 Å². The quantitative estimate of drug-likeness (QED) is 0.0155. The number of benzene rings is 2. The van der Waals surface area contributed by atoms with E-state index in [2.05, 4.69) is 89.3 Å². The second-order valence-corrected chi connectivity index (χ2v) is 30.7. The third-order valence-corrected chi connectivity index (χ3v) is 20.2. The average molecular weight is 1480 g/mol. The molecule has 2 aromatic carbocycles. The third kappa shape index (κ3) is 42.0. The second kappa shape index (κ2) is 55.6. The minimum absolute atomic E-state index is 0.0303. The Balaban J connectivity index is 0.000000614. The maximum atomic E-state index is 12.8. The van der Waals surface area contributed by atoms with E-state index in [1.165, 1.54) is 96.3 Å². The van der Waals surface area contributed by atoms with Gasteiger partial charge in [0.15, 0.2) is 0 Å². The molecular formula is C82H140N6O17. The van der Waals surface area contributed by atoms with Crippen LogP contribution >= 0.6 is 0 Å². The summed E-state index contributed by atoms with van der Waals surface area (Å²) in [6.07, 6.45) is 26.2. The van der Waals surface area contributed by atoms with Crippen LogP contribution in [0.15, 0.2) is 10.2 Å². The fourth-order valence-corrected chi connectivity index (χ4v) is 13.3. The van der Waals surface area contributed by atoms with Crippen LogP contribution in [0.2, 0.25) is 0 Å². The molecule has 0 amide bonds. The van der Waals surface area contributed by atoms with Crippen molar-refractivity contribution in [3.63, 3.8) is 0 Å². The lowest BCUT2D eigenvalue weighted by Crippen LogP contribution is -2.37. The van der Waals surface area contributed by atoms with Gasteiger partial charge in [-0.05, 0) is 187 Å². The molecule has 2 N–H and O–H groups in total. The molecule has 0 radical (unpaired) electrons. The molecule has 0 saturated heterocycles. The van der Waals surface area contributed by atoms with Gasteiger partial charge in [-0.15, -0.1) is 0 Å². The number of carboxylic acids is 1. The maximum absolute atomic E-state index is 12.8. The van der Waals surface area contributed by atoms with Crippen molar-refractivity contribution in [2.24, 2.45) is 45.7 Å². The number of aliphatic hydroxyl groups is 1. The number of nitrogens with zero attached hydrogens (tertiary/aromatic N) is 6. The van der Waals surface area contributed by atoms with E-state index in [0.29, 0.717) is 97.3 Å². The highest BCUT2D eigenvalue weighted by atomic mass is 16.6. The third-order valence-electron chi connectivity index (χ3n) is 20.2. The number of carboxylic acid groups (broad SMARTS) is 1. The van der Waals surface area contributed by atoms with E-state index in [9.17, 15) is 19.2 Å². The molecule has 105 heavy (non-hydrogen) atoms. The van der Waals surface area contributed by atoms with Crippen LogP contribution in [-0.4, -0.2) is 151 Å². The van der Waals surface area contributed by atoms with Gasteiger partial charge in [-0.2, -0.15) is 0 Å². The summed E-state index contributed by atoms with van der Waals surface area (Å²) in [4.78, 5) is 53.3. The van der Waals surface area contributed by atoms with Crippen molar-refractivity contribution < 1.29 is 81.5 Å². The molecule has 0 saturated carbocycles. The molecule has 0 bridgehead atoms. The number of carbonyl (C=O) groups excluding carboxylic acids is 3. The van der Waals surface area contributed by atoms with Crippen LogP contribution in [-0.2, 0) is 65.2 Å².